The normalized spacial score (nSPS) is 13.7. The third-order valence-corrected chi connectivity index (χ3v) is 5.85. The van der Waals surface area contributed by atoms with Crippen molar-refractivity contribution in [1.82, 2.24) is 10.2 Å². The highest BCUT2D eigenvalue weighted by Gasteiger charge is 2.24. The molecule has 0 spiro atoms. The zero-order valence-electron chi connectivity index (χ0n) is 18.2. The molecule has 8 heteroatoms. The first-order valence-corrected chi connectivity index (χ1v) is 11.0. The number of benzene rings is 2. The van der Waals surface area contributed by atoms with E-state index in [0.717, 1.165) is 25.7 Å². The number of carbonyl (C=O) groups is 3. The summed E-state index contributed by atoms with van der Waals surface area (Å²) in [4.78, 5) is 39.0. The monoisotopic (exact) mass is 453 g/mol. The molecule has 32 heavy (non-hydrogen) atoms. The van der Waals surface area contributed by atoms with Crippen LogP contribution in [0.4, 0.5) is 5.69 Å². The summed E-state index contributed by atoms with van der Waals surface area (Å²) in [7, 11) is 3.13. The average molecular weight is 454 g/mol. The van der Waals surface area contributed by atoms with E-state index in [-0.39, 0.29) is 17.1 Å². The summed E-state index contributed by atoms with van der Waals surface area (Å²) in [5.74, 6) is -0.983. The van der Waals surface area contributed by atoms with Crippen LogP contribution in [0.15, 0.2) is 48.5 Å². The highest BCUT2D eigenvalue weighted by atomic mass is 32.1. The highest BCUT2D eigenvalue weighted by Crippen LogP contribution is 2.25. The fourth-order valence-corrected chi connectivity index (χ4v) is 4.01. The van der Waals surface area contributed by atoms with Crippen molar-refractivity contribution in [2.24, 2.45) is 0 Å². The van der Waals surface area contributed by atoms with Gasteiger partial charge in [-0.3, -0.25) is 14.9 Å². The Kier molecular flexibility index (Phi) is 7.94. The van der Waals surface area contributed by atoms with E-state index in [1.807, 2.05) is 11.9 Å². The second-order valence-corrected chi connectivity index (χ2v) is 8.14. The van der Waals surface area contributed by atoms with Crippen molar-refractivity contribution in [1.29, 1.82) is 0 Å². The molecule has 0 atom stereocenters. The Balaban J connectivity index is 1.65. The molecule has 0 heterocycles. The molecule has 0 bridgehead atoms. The minimum absolute atomic E-state index is 0.0764. The maximum absolute atomic E-state index is 13.1. The third kappa shape index (κ3) is 5.70. The molecule has 2 amide bonds. The number of nitrogens with zero attached hydrogens (tertiary/aromatic N) is 1. The zero-order valence-corrected chi connectivity index (χ0v) is 19.0. The summed E-state index contributed by atoms with van der Waals surface area (Å²) in [6, 6.07) is 13.4. The summed E-state index contributed by atoms with van der Waals surface area (Å²) in [5, 5.41) is 5.65. The van der Waals surface area contributed by atoms with Crippen LogP contribution in [-0.4, -0.2) is 48.0 Å². The lowest BCUT2D eigenvalue weighted by Crippen LogP contribution is -2.39. The van der Waals surface area contributed by atoms with Gasteiger partial charge in [0, 0.05) is 18.7 Å². The number of para-hydroxylation sites is 1. The van der Waals surface area contributed by atoms with Crippen molar-refractivity contribution in [3.63, 3.8) is 0 Å². The van der Waals surface area contributed by atoms with Crippen molar-refractivity contribution >= 4 is 40.8 Å². The van der Waals surface area contributed by atoms with Gasteiger partial charge in [-0.1, -0.05) is 31.4 Å². The largest absolute Gasteiger partial charge is 0.465 e. The van der Waals surface area contributed by atoms with Crippen molar-refractivity contribution < 1.29 is 19.1 Å². The maximum Gasteiger partial charge on any atom is 0.337 e. The molecule has 0 saturated heterocycles. The van der Waals surface area contributed by atoms with E-state index in [1.165, 1.54) is 37.8 Å². The van der Waals surface area contributed by atoms with E-state index >= 15 is 0 Å². The van der Waals surface area contributed by atoms with Gasteiger partial charge in [-0.15, -0.1) is 0 Å². The van der Waals surface area contributed by atoms with Gasteiger partial charge in [0.2, 0.25) is 0 Å². The molecule has 2 aromatic rings. The minimum atomic E-state index is -0.478. The van der Waals surface area contributed by atoms with Crippen molar-refractivity contribution in [2.75, 3.05) is 19.5 Å². The van der Waals surface area contributed by atoms with Gasteiger partial charge >= 0.3 is 5.97 Å². The van der Waals surface area contributed by atoms with E-state index in [4.69, 9.17) is 12.2 Å². The van der Waals surface area contributed by atoms with Gasteiger partial charge in [-0.2, -0.15) is 0 Å². The Bertz CT molecular complexity index is 1000. The number of rotatable bonds is 5. The molecule has 1 aliphatic carbocycles. The number of thiocarbonyl (C=S) groups is 1. The topological polar surface area (TPSA) is 87.7 Å². The second-order valence-electron chi connectivity index (χ2n) is 7.73. The predicted molar refractivity (Wildman–Crippen MR) is 127 cm³/mol. The Morgan fingerprint density at radius 3 is 2.25 bits per heavy atom. The number of methoxy groups -OCH3 is 1. The third-order valence-electron chi connectivity index (χ3n) is 5.64. The van der Waals surface area contributed by atoms with Crippen LogP contribution in [-0.2, 0) is 4.74 Å². The molecule has 0 unspecified atom stereocenters. The van der Waals surface area contributed by atoms with Crippen molar-refractivity contribution in [2.45, 2.75) is 38.1 Å². The summed E-state index contributed by atoms with van der Waals surface area (Å²) < 4.78 is 4.65. The maximum atomic E-state index is 13.1. The average Bonchev–Trinajstić information content (AvgIpc) is 2.83. The van der Waals surface area contributed by atoms with Gasteiger partial charge in [0.15, 0.2) is 5.11 Å². The van der Waals surface area contributed by atoms with Gasteiger partial charge in [-0.25, -0.2) is 4.79 Å². The standard InChI is InChI=1S/C24H27N3O4S/c1-27(18-8-4-3-5-9-18)22(29)19-10-6-7-11-20(19)25-24(32)26-21(28)16-12-14-17(15-13-16)23(30)31-2/h6-7,10-15,18H,3-5,8-9H2,1-2H3,(H2,25,26,28,32). The lowest BCUT2D eigenvalue weighted by Gasteiger charge is -2.31. The molecule has 1 fully saturated rings. The van der Waals surface area contributed by atoms with Crippen LogP contribution in [0.25, 0.3) is 0 Å². The number of carbonyl (C=O) groups excluding carboxylic acids is 3. The number of ether oxygens (including phenoxy) is 1. The number of hydrogen-bond donors (Lipinski definition) is 2. The fraction of sp³-hybridized carbons (Fsp3) is 0.333. The SMILES string of the molecule is COC(=O)c1ccc(C(=O)NC(=S)Nc2ccccc2C(=O)N(C)C2CCCCC2)cc1. The predicted octanol–water partition coefficient (Wildman–Crippen LogP) is 4.00. The molecule has 3 rings (SSSR count). The molecule has 0 radical (unpaired) electrons. The highest BCUT2D eigenvalue weighted by molar-refractivity contribution is 7.80. The van der Waals surface area contributed by atoms with Gasteiger partial charge < -0.3 is 15.0 Å². The molecule has 7 nitrogen and oxygen atoms in total. The van der Waals surface area contributed by atoms with E-state index < -0.39 is 11.9 Å². The Hall–Kier alpha value is -3.26. The first kappa shape index (κ1) is 23.4. The zero-order chi connectivity index (χ0) is 23.1. The van der Waals surface area contributed by atoms with Crippen molar-refractivity contribution in [3.05, 3.63) is 65.2 Å². The second kappa shape index (κ2) is 10.9. The summed E-state index contributed by atoms with van der Waals surface area (Å²) in [5.41, 5.74) is 1.72. The fourth-order valence-electron chi connectivity index (χ4n) is 3.81. The number of hydrogen-bond acceptors (Lipinski definition) is 5. The lowest BCUT2D eigenvalue weighted by molar-refractivity contribution is 0.0599. The van der Waals surface area contributed by atoms with E-state index in [1.54, 1.807) is 24.3 Å². The number of amides is 2. The van der Waals surface area contributed by atoms with E-state index in [9.17, 15) is 14.4 Å². The molecule has 1 aliphatic rings. The van der Waals surface area contributed by atoms with E-state index in [0.29, 0.717) is 22.4 Å². The Labute approximate surface area is 193 Å². The first-order chi connectivity index (χ1) is 15.4. The molecule has 0 aliphatic heterocycles. The summed E-state index contributed by atoms with van der Waals surface area (Å²) >= 11 is 5.29. The summed E-state index contributed by atoms with van der Waals surface area (Å²) in [6.45, 7) is 0. The Morgan fingerprint density at radius 1 is 0.969 bits per heavy atom. The van der Waals surface area contributed by atoms with E-state index in [2.05, 4.69) is 15.4 Å². The van der Waals surface area contributed by atoms with Crippen LogP contribution in [0.5, 0.6) is 0 Å². The van der Waals surface area contributed by atoms with Gasteiger partial charge in [0.1, 0.15) is 0 Å². The lowest BCUT2D eigenvalue weighted by atomic mass is 9.94. The molecule has 0 aromatic heterocycles. The number of esters is 1. The molecule has 168 valence electrons. The molecule has 1 saturated carbocycles. The van der Waals surface area contributed by atoms with Crippen molar-refractivity contribution in [3.8, 4) is 0 Å². The van der Waals surface area contributed by atoms with Crippen LogP contribution >= 0.6 is 12.2 Å². The molecule has 2 N–H and O–H groups in total. The van der Waals surface area contributed by atoms with Crippen LogP contribution in [0.2, 0.25) is 0 Å². The summed E-state index contributed by atoms with van der Waals surface area (Å²) in [6.07, 6.45) is 5.52. The van der Waals surface area contributed by atoms with Crippen LogP contribution in [0.3, 0.4) is 0 Å². The van der Waals surface area contributed by atoms with Crippen LogP contribution < -0.4 is 10.6 Å². The number of nitrogens with one attached hydrogen (secondary N) is 2. The smallest absolute Gasteiger partial charge is 0.337 e. The molecule has 2 aromatic carbocycles. The molecular weight excluding hydrogens is 426 g/mol. The Morgan fingerprint density at radius 2 is 1.59 bits per heavy atom. The quantitative estimate of drug-likeness (QED) is 0.526. The number of anilines is 1. The minimum Gasteiger partial charge on any atom is -0.465 e. The molecular formula is C24H27N3O4S. The van der Waals surface area contributed by atoms with Gasteiger partial charge in [0.05, 0.1) is 23.9 Å². The van der Waals surface area contributed by atoms with Crippen LogP contribution in [0, 0.1) is 0 Å². The first-order valence-electron chi connectivity index (χ1n) is 10.6. The van der Waals surface area contributed by atoms with Gasteiger partial charge in [0.25, 0.3) is 11.8 Å². The van der Waals surface area contributed by atoms with Gasteiger partial charge in [-0.05, 0) is 61.5 Å². The van der Waals surface area contributed by atoms with Crippen LogP contribution in [0.1, 0.15) is 63.2 Å².